The summed E-state index contributed by atoms with van der Waals surface area (Å²) in [7, 11) is 0. The van der Waals surface area contributed by atoms with E-state index in [0.717, 1.165) is 12.1 Å². The molecule has 1 amide bonds. The Bertz CT molecular complexity index is 1390. The molecule has 1 aromatic carbocycles. The van der Waals surface area contributed by atoms with Crippen LogP contribution < -0.4 is 16.4 Å². The van der Waals surface area contributed by atoms with E-state index in [-0.39, 0.29) is 46.7 Å². The molecule has 0 saturated carbocycles. The lowest BCUT2D eigenvalue weighted by Crippen LogP contribution is -2.50. The van der Waals surface area contributed by atoms with Crippen molar-refractivity contribution in [2.24, 2.45) is 5.92 Å². The summed E-state index contributed by atoms with van der Waals surface area (Å²) in [5, 5.41) is 30.2. The lowest BCUT2D eigenvalue weighted by atomic mass is 9.83. The molecule has 2 aromatic heterocycles. The number of benzene rings is 1. The molecular formula is C23H22N3O7-. The van der Waals surface area contributed by atoms with Gasteiger partial charge in [0.05, 0.1) is 12.0 Å². The van der Waals surface area contributed by atoms with Gasteiger partial charge < -0.3 is 29.4 Å². The number of carbonyl (C=O) groups is 1. The van der Waals surface area contributed by atoms with Crippen LogP contribution in [0.15, 0.2) is 44.3 Å². The number of carbonyl (C=O) groups excluding carboxylic acids is 1. The average Bonchev–Trinajstić information content (AvgIpc) is 2.76. The van der Waals surface area contributed by atoms with Gasteiger partial charge in [0.25, 0.3) is 5.56 Å². The van der Waals surface area contributed by atoms with Gasteiger partial charge in [-0.2, -0.15) is 0 Å². The number of hydrogen-bond acceptors (Lipinski definition) is 8. The highest BCUT2D eigenvalue weighted by Crippen LogP contribution is 2.36. The van der Waals surface area contributed by atoms with Gasteiger partial charge in [0.15, 0.2) is 0 Å². The molecule has 1 fully saturated rings. The molecule has 2 aliphatic heterocycles. The number of likely N-dealkylation sites (tertiary alicyclic amines) is 1. The number of rotatable bonds is 3. The van der Waals surface area contributed by atoms with Crippen molar-refractivity contribution >= 4 is 22.6 Å². The summed E-state index contributed by atoms with van der Waals surface area (Å²) in [6, 6.07) is 7.46. The second kappa shape index (κ2) is 7.75. The molecule has 0 aliphatic carbocycles. The number of aromatic hydroxyl groups is 1. The number of aryl methyl sites for hydroxylation is 1. The van der Waals surface area contributed by atoms with Crippen LogP contribution in [0.4, 0.5) is 5.69 Å². The third kappa shape index (κ3) is 3.57. The first kappa shape index (κ1) is 21.2. The van der Waals surface area contributed by atoms with E-state index in [2.05, 4.69) is 0 Å². The number of phenols is 1. The summed E-state index contributed by atoms with van der Waals surface area (Å²) >= 11 is 0. The number of nitrogens with zero attached hydrogens (tertiary/aromatic N) is 3. The van der Waals surface area contributed by atoms with E-state index in [1.807, 2.05) is 0 Å². The van der Waals surface area contributed by atoms with Gasteiger partial charge in [-0.05, 0) is 49.1 Å². The van der Waals surface area contributed by atoms with Gasteiger partial charge in [-0.15, -0.1) is 0 Å². The van der Waals surface area contributed by atoms with Crippen LogP contribution in [-0.4, -0.2) is 38.8 Å². The first-order valence-electron chi connectivity index (χ1n) is 10.7. The minimum absolute atomic E-state index is 0.0119. The lowest BCUT2D eigenvalue weighted by molar-refractivity contribution is -0.133. The Morgan fingerprint density at radius 3 is 2.76 bits per heavy atom. The van der Waals surface area contributed by atoms with Crippen LogP contribution in [-0.2, 0) is 17.8 Å². The topological polar surface area (TPSA) is 139 Å². The van der Waals surface area contributed by atoms with Crippen LogP contribution in [0.1, 0.15) is 29.2 Å². The minimum atomic E-state index is -0.605. The maximum absolute atomic E-state index is 13.2. The zero-order chi connectivity index (χ0) is 23.4. The fourth-order valence-corrected chi connectivity index (χ4v) is 5.13. The number of pyridine rings is 1. The van der Waals surface area contributed by atoms with E-state index < -0.39 is 16.4 Å². The van der Waals surface area contributed by atoms with Gasteiger partial charge in [0.2, 0.25) is 5.91 Å². The smallest absolute Gasteiger partial charge is 0.340 e. The summed E-state index contributed by atoms with van der Waals surface area (Å²) in [5.41, 5.74) is 0.430. The van der Waals surface area contributed by atoms with E-state index >= 15 is 0 Å². The Morgan fingerprint density at radius 1 is 1.21 bits per heavy atom. The van der Waals surface area contributed by atoms with E-state index in [1.165, 1.54) is 22.8 Å². The molecule has 0 unspecified atom stereocenters. The van der Waals surface area contributed by atoms with Crippen molar-refractivity contribution in [1.29, 1.82) is 0 Å². The Morgan fingerprint density at radius 2 is 2.00 bits per heavy atom. The van der Waals surface area contributed by atoms with E-state index in [1.54, 1.807) is 24.0 Å². The highest BCUT2D eigenvalue weighted by Gasteiger charge is 2.37. The molecule has 10 heteroatoms. The molecule has 10 nitrogen and oxygen atoms in total. The van der Waals surface area contributed by atoms with Gasteiger partial charge in [-0.3, -0.25) is 14.8 Å². The van der Waals surface area contributed by atoms with Crippen molar-refractivity contribution < 1.29 is 19.5 Å². The molecule has 1 saturated heterocycles. The highest BCUT2D eigenvalue weighted by molar-refractivity contribution is 5.85. The number of anilines is 1. The maximum atomic E-state index is 13.2. The average molecular weight is 452 g/mol. The van der Waals surface area contributed by atoms with E-state index in [0.29, 0.717) is 30.6 Å². The Hall–Kier alpha value is -3.63. The number of piperidine rings is 1. The summed E-state index contributed by atoms with van der Waals surface area (Å²) in [5.74, 6) is -0.281. The molecule has 2 bridgehead atoms. The van der Waals surface area contributed by atoms with Crippen molar-refractivity contribution in [2.45, 2.75) is 32.2 Å². The predicted octanol–water partition coefficient (Wildman–Crippen LogP) is 1.85. The van der Waals surface area contributed by atoms with Crippen LogP contribution >= 0.6 is 0 Å². The van der Waals surface area contributed by atoms with Gasteiger partial charge in [-0.1, -0.05) is 0 Å². The molecule has 0 spiro atoms. The molecule has 2 atom stereocenters. The summed E-state index contributed by atoms with van der Waals surface area (Å²) in [6.45, 7) is 2.92. The van der Waals surface area contributed by atoms with Crippen LogP contribution in [0.2, 0.25) is 0 Å². The number of aromatic nitrogens is 1. The van der Waals surface area contributed by atoms with Gasteiger partial charge in [-0.25, -0.2) is 4.79 Å². The molecule has 3 aromatic rings. The largest absolute Gasteiger partial charge is 0.733 e. The second-order valence-electron chi connectivity index (χ2n) is 8.78. The highest BCUT2D eigenvalue weighted by atomic mass is 16.8. The molecule has 4 heterocycles. The molecular weight excluding hydrogens is 430 g/mol. The van der Waals surface area contributed by atoms with Gasteiger partial charge in [0, 0.05) is 42.7 Å². The van der Waals surface area contributed by atoms with Crippen molar-refractivity contribution in [3.63, 3.8) is 0 Å². The molecule has 2 aliphatic rings. The predicted molar refractivity (Wildman–Crippen MR) is 118 cm³/mol. The van der Waals surface area contributed by atoms with Crippen LogP contribution in [0, 0.1) is 18.0 Å². The third-order valence-electron chi connectivity index (χ3n) is 6.74. The van der Waals surface area contributed by atoms with Gasteiger partial charge in [0.1, 0.15) is 17.0 Å². The fourth-order valence-electron chi connectivity index (χ4n) is 5.13. The SMILES string of the molecule is Cc1c(CC(=O)N2C[C@H]3C[C@@H](C2)c2ccc(N([O-])O)c(=O)n2C3)c(=O)oc2cc(O)ccc12. The minimum Gasteiger partial charge on any atom is -0.733 e. The van der Waals surface area contributed by atoms with Crippen LogP contribution in [0.3, 0.4) is 0 Å². The Balaban J connectivity index is 1.41. The summed E-state index contributed by atoms with van der Waals surface area (Å²) < 4.78 is 6.84. The van der Waals surface area contributed by atoms with Crippen molar-refractivity contribution in [2.75, 3.05) is 18.3 Å². The van der Waals surface area contributed by atoms with Crippen LogP contribution in [0.5, 0.6) is 5.75 Å². The van der Waals surface area contributed by atoms with Gasteiger partial charge >= 0.3 is 5.63 Å². The lowest BCUT2D eigenvalue weighted by Gasteiger charge is -2.43. The molecule has 0 radical (unpaired) electrons. The summed E-state index contributed by atoms with van der Waals surface area (Å²) in [4.78, 5) is 40.0. The normalized spacial score (nSPS) is 19.4. The number of phenolic OH excluding ortho intramolecular Hbond substituents is 1. The van der Waals surface area contributed by atoms with Crippen LogP contribution in [0.25, 0.3) is 11.0 Å². The van der Waals surface area contributed by atoms with Crippen molar-refractivity contribution in [3.8, 4) is 5.75 Å². The molecule has 2 N–H and O–H groups in total. The maximum Gasteiger partial charge on any atom is 0.340 e. The van der Waals surface area contributed by atoms with E-state index in [4.69, 9.17) is 9.62 Å². The first-order chi connectivity index (χ1) is 15.7. The second-order valence-corrected chi connectivity index (χ2v) is 8.78. The molecule has 172 valence electrons. The summed E-state index contributed by atoms with van der Waals surface area (Å²) in [6.07, 6.45) is 0.704. The van der Waals surface area contributed by atoms with Crippen molar-refractivity contribution in [1.82, 2.24) is 9.47 Å². The fraction of sp³-hybridized carbons (Fsp3) is 0.348. The zero-order valence-electron chi connectivity index (χ0n) is 17.9. The number of amides is 1. The molecule has 5 rings (SSSR count). The third-order valence-corrected chi connectivity index (χ3v) is 6.74. The first-order valence-corrected chi connectivity index (χ1v) is 10.7. The standard InChI is InChI=1S/C23H22N3O7/c1-12-16-3-2-15(27)7-20(16)33-23(30)17(12)8-21(28)24-9-13-6-14(11-24)18-4-5-19(26(31)32)22(29)25(18)10-13/h2-5,7,13-14,27,31H,6,8-11H2,1H3/q-1/t13-,14+/m1/s1. The Labute approximate surface area is 187 Å². The van der Waals surface area contributed by atoms with E-state index in [9.17, 15) is 24.7 Å². The quantitative estimate of drug-likeness (QED) is 0.453. The monoisotopic (exact) mass is 452 g/mol. The Kier molecular flexibility index (Phi) is 4.98. The number of hydrogen-bond donors (Lipinski definition) is 2. The zero-order valence-corrected chi connectivity index (χ0v) is 17.9. The van der Waals surface area contributed by atoms with Crippen molar-refractivity contribution in [3.05, 3.63) is 73.1 Å². The molecule has 33 heavy (non-hydrogen) atoms. The number of fused-ring (bicyclic) bond motifs is 5.